The zero-order valence-electron chi connectivity index (χ0n) is 10.9. The second-order valence-electron chi connectivity index (χ2n) is 4.95. The van der Waals surface area contributed by atoms with E-state index >= 15 is 0 Å². The van der Waals surface area contributed by atoms with Gasteiger partial charge in [0.25, 0.3) is 0 Å². The fourth-order valence-electron chi connectivity index (χ4n) is 1.39. The zero-order valence-corrected chi connectivity index (χ0v) is 12.4. The minimum atomic E-state index is 0.0788. The van der Waals surface area contributed by atoms with Gasteiger partial charge < -0.3 is 15.8 Å². The average Bonchev–Trinajstić information content (AvgIpc) is 2.30. The number of hydrogen-bond acceptors (Lipinski definition) is 4. The van der Waals surface area contributed by atoms with Crippen molar-refractivity contribution in [2.75, 3.05) is 31.3 Å². The summed E-state index contributed by atoms with van der Waals surface area (Å²) in [4.78, 5) is 4.13. The van der Waals surface area contributed by atoms with Crippen LogP contribution >= 0.6 is 23.2 Å². The van der Waals surface area contributed by atoms with Gasteiger partial charge in [0.2, 0.25) is 0 Å². The number of nitrogens with zero attached hydrogens (tertiary/aromatic N) is 1. The van der Waals surface area contributed by atoms with Crippen molar-refractivity contribution in [3.8, 4) is 0 Å². The van der Waals surface area contributed by atoms with E-state index in [1.165, 1.54) is 0 Å². The number of rotatable bonds is 6. The number of ether oxygens (including phenoxy) is 1. The molecule has 0 aliphatic carbocycles. The molecule has 1 heterocycles. The molecule has 4 nitrogen and oxygen atoms in total. The normalized spacial score (nSPS) is 11.6. The monoisotopic (exact) mass is 291 g/mol. The third kappa shape index (κ3) is 4.52. The quantitative estimate of drug-likeness (QED) is 0.843. The van der Waals surface area contributed by atoms with Gasteiger partial charge in [-0.15, -0.1) is 0 Å². The van der Waals surface area contributed by atoms with Crippen molar-refractivity contribution in [3.63, 3.8) is 0 Å². The number of halogens is 2. The van der Waals surface area contributed by atoms with Crippen LogP contribution in [0.3, 0.4) is 0 Å². The number of anilines is 2. The molecule has 0 aromatic carbocycles. The lowest BCUT2D eigenvalue weighted by atomic mass is 9.90. The lowest BCUT2D eigenvalue weighted by Gasteiger charge is -2.25. The van der Waals surface area contributed by atoms with Gasteiger partial charge in [-0.3, -0.25) is 0 Å². The maximum Gasteiger partial charge on any atom is 0.147 e. The molecule has 0 aliphatic rings. The largest absolute Gasteiger partial charge is 0.385 e. The first-order chi connectivity index (χ1) is 8.35. The number of nitrogens with one attached hydrogen (secondary N) is 1. The van der Waals surface area contributed by atoms with Crippen LogP contribution in [0.15, 0.2) is 6.07 Å². The molecule has 6 heteroatoms. The van der Waals surface area contributed by atoms with E-state index in [4.69, 9.17) is 33.7 Å². The third-order valence-corrected chi connectivity index (χ3v) is 3.26. The summed E-state index contributed by atoms with van der Waals surface area (Å²) in [5.74, 6) is 0.835. The fraction of sp³-hybridized carbons (Fsp3) is 0.583. The highest BCUT2D eigenvalue weighted by Gasteiger charge is 2.18. The van der Waals surface area contributed by atoms with Crippen LogP contribution in [0.1, 0.15) is 20.3 Å². The van der Waals surface area contributed by atoms with Gasteiger partial charge in [-0.1, -0.05) is 37.0 Å². The Morgan fingerprint density at radius 3 is 2.67 bits per heavy atom. The van der Waals surface area contributed by atoms with E-state index in [0.29, 0.717) is 15.9 Å². The molecule has 102 valence electrons. The number of nitrogen functional groups attached to an aromatic ring is 1. The molecule has 0 saturated heterocycles. The summed E-state index contributed by atoms with van der Waals surface area (Å²) in [6.07, 6.45) is 0.942. The minimum Gasteiger partial charge on any atom is -0.385 e. The van der Waals surface area contributed by atoms with Crippen molar-refractivity contribution in [2.45, 2.75) is 20.3 Å². The highest BCUT2D eigenvalue weighted by Crippen LogP contribution is 2.29. The predicted octanol–water partition coefficient (Wildman–Crippen LogP) is 3.45. The molecule has 1 aromatic rings. The maximum atomic E-state index is 6.05. The second kappa shape index (κ2) is 6.45. The zero-order chi connectivity index (χ0) is 13.8. The first kappa shape index (κ1) is 15.3. The van der Waals surface area contributed by atoms with E-state index in [2.05, 4.69) is 24.1 Å². The summed E-state index contributed by atoms with van der Waals surface area (Å²) in [5, 5.41) is 4.03. The van der Waals surface area contributed by atoms with Crippen LogP contribution < -0.4 is 11.1 Å². The maximum absolute atomic E-state index is 6.05. The van der Waals surface area contributed by atoms with Crippen molar-refractivity contribution in [1.82, 2.24) is 4.98 Å². The fourth-order valence-corrected chi connectivity index (χ4v) is 1.82. The molecule has 0 radical (unpaired) electrons. The highest BCUT2D eigenvalue weighted by atomic mass is 35.5. The molecule has 0 bridgehead atoms. The SMILES string of the molecule is COCCC(C)(C)CNc1nc(N)c(Cl)cc1Cl. The van der Waals surface area contributed by atoms with Crippen molar-refractivity contribution < 1.29 is 4.74 Å². The van der Waals surface area contributed by atoms with Gasteiger partial charge in [-0.2, -0.15) is 0 Å². The Morgan fingerprint density at radius 1 is 1.39 bits per heavy atom. The van der Waals surface area contributed by atoms with E-state index in [-0.39, 0.29) is 11.2 Å². The molecule has 0 aliphatic heterocycles. The van der Waals surface area contributed by atoms with Crippen LogP contribution in [0.2, 0.25) is 10.0 Å². The molecular formula is C12H19Cl2N3O. The molecule has 0 fully saturated rings. The van der Waals surface area contributed by atoms with Crippen LogP contribution in [0, 0.1) is 5.41 Å². The van der Waals surface area contributed by atoms with E-state index in [1.54, 1.807) is 13.2 Å². The van der Waals surface area contributed by atoms with E-state index in [0.717, 1.165) is 19.6 Å². The Bertz CT molecular complexity index is 411. The number of pyridine rings is 1. The topological polar surface area (TPSA) is 60.2 Å². The average molecular weight is 292 g/mol. The van der Waals surface area contributed by atoms with Crippen molar-refractivity contribution >= 4 is 34.8 Å². The van der Waals surface area contributed by atoms with Gasteiger partial charge >= 0.3 is 0 Å². The van der Waals surface area contributed by atoms with Gasteiger partial charge in [-0.25, -0.2) is 4.98 Å². The first-order valence-corrected chi connectivity index (χ1v) is 6.45. The highest BCUT2D eigenvalue weighted by molar-refractivity contribution is 6.37. The minimum absolute atomic E-state index is 0.0788. The van der Waals surface area contributed by atoms with Gasteiger partial charge in [0.1, 0.15) is 11.6 Å². The van der Waals surface area contributed by atoms with E-state index in [9.17, 15) is 0 Å². The molecule has 0 unspecified atom stereocenters. The molecule has 1 aromatic heterocycles. The Balaban J connectivity index is 2.66. The molecular weight excluding hydrogens is 273 g/mol. The number of nitrogens with two attached hydrogens (primary N) is 1. The second-order valence-corrected chi connectivity index (χ2v) is 5.76. The summed E-state index contributed by atoms with van der Waals surface area (Å²) < 4.78 is 5.08. The van der Waals surface area contributed by atoms with Gasteiger partial charge in [-0.05, 0) is 17.9 Å². The van der Waals surface area contributed by atoms with E-state index in [1.807, 2.05) is 0 Å². The lowest BCUT2D eigenvalue weighted by Crippen LogP contribution is -2.25. The molecule has 3 N–H and O–H groups in total. The van der Waals surface area contributed by atoms with Crippen LogP contribution in [0.25, 0.3) is 0 Å². The molecule has 0 saturated carbocycles. The standard InChI is InChI=1S/C12H19Cl2N3O/c1-12(2,4-5-18-3)7-16-11-9(14)6-8(13)10(15)17-11/h6H,4-5,7H2,1-3H3,(H3,15,16,17). The summed E-state index contributed by atoms with van der Waals surface area (Å²) in [5.41, 5.74) is 5.73. The van der Waals surface area contributed by atoms with Crippen LogP contribution in [-0.2, 0) is 4.74 Å². The molecule has 0 atom stereocenters. The summed E-state index contributed by atoms with van der Waals surface area (Å²) in [6.45, 7) is 5.74. The number of aromatic nitrogens is 1. The summed E-state index contributed by atoms with van der Waals surface area (Å²) in [6, 6.07) is 1.59. The Hall–Kier alpha value is -0.710. The Kier molecular flexibility index (Phi) is 5.50. The Labute approximate surface area is 118 Å². The van der Waals surface area contributed by atoms with Crippen LogP contribution in [0.4, 0.5) is 11.6 Å². The van der Waals surface area contributed by atoms with Gasteiger partial charge in [0.05, 0.1) is 10.0 Å². The molecule has 18 heavy (non-hydrogen) atoms. The lowest BCUT2D eigenvalue weighted by molar-refractivity contribution is 0.157. The first-order valence-electron chi connectivity index (χ1n) is 5.70. The number of hydrogen-bond donors (Lipinski definition) is 2. The third-order valence-electron chi connectivity index (χ3n) is 2.67. The van der Waals surface area contributed by atoms with Crippen molar-refractivity contribution in [2.24, 2.45) is 5.41 Å². The molecule has 0 amide bonds. The molecule has 1 rings (SSSR count). The van der Waals surface area contributed by atoms with Crippen molar-refractivity contribution in [3.05, 3.63) is 16.1 Å². The number of methoxy groups -OCH3 is 1. The predicted molar refractivity (Wildman–Crippen MR) is 77.4 cm³/mol. The van der Waals surface area contributed by atoms with Gasteiger partial charge in [0, 0.05) is 20.3 Å². The summed E-state index contributed by atoms with van der Waals surface area (Å²) >= 11 is 11.9. The smallest absolute Gasteiger partial charge is 0.147 e. The summed E-state index contributed by atoms with van der Waals surface area (Å²) in [7, 11) is 1.70. The molecule has 0 spiro atoms. The van der Waals surface area contributed by atoms with Gasteiger partial charge in [0.15, 0.2) is 0 Å². The Morgan fingerprint density at radius 2 is 2.06 bits per heavy atom. The van der Waals surface area contributed by atoms with E-state index < -0.39 is 0 Å². The van der Waals surface area contributed by atoms with Crippen LogP contribution in [-0.4, -0.2) is 25.2 Å². The van der Waals surface area contributed by atoms with Crippen LogP contribution in [0.5, 0.6) is 0 Å². The van der Waals surface area contributed by atoms with Crippen molar-refractivity contribution in [1.29, 1.82) is 0 Å².